The standard InChI is InChI=1S/K.H2O.O.Os/h;1H2;;/q+1;;-2;+6/p-1. The number of hydrogen-bond acceptors (Lipinski definition) is 1. The Balaban J connectivity index is 0. The molecular formula is HKO2Os+4. The third kappa shape index (κ3) is 8.89. The van der Waals surface area contributed by atoms with Gasteiger partial charge in [0, 0.05) is 0 Å². The molecule has 0 amide bonds. The van der Waals surface area contributed by atoms with Gasteiger partial charge in [-0.25, -0.2) is 0 Å². The summed E-state index contributed by atoms with van der Waals surface area (Å²) in [5.41, 5.74) is 0. The Bertz CT molecular complexity index is 6.00. The summed E-state index contributed by atoms with van der Waals surface area (Å²) in [6.45, 7) is 0. The van der Waals surface area contributed by atoms with Crippen molar-refractivity contribution in [3.8, 4) is 0 Å². The summed E-state index contributed by atoms with van der Waals surface area (Å²) in [6.07, 6.45) is 0. The van der Waals surface area contributed by atoms with Crippen molar-refractivity contribution in [1.29, 1.82) is 0 Å². The Morgan fingerprint density at radius 2 is 1.00 bits per heavy atom. The summed E-state index contributed by atoms with van der Waals surface area (Å²) in [7, 11) is 0. The van der Waals surface area contributed by atoms with Gasteiger partial charge in [0.2, 0.25) is 0 Å². The summed E-state index contributed by atoms with van der Waals surface area (Å²) < 4.78 is 0. The van der Waals surface area contributed by atoms with E-state index in [0.717, 1.165) is 0 Å². The second-order valence-corrected chi connectivity index (χ2v) is 0. The molecule has 0 unspecified atom stereocenters. The molecule has 0 saturated heterocycles. The van der Waals surface area contributed by atoms with E-state index in [1.54, 1.807) is 0 Å². The largest absolute Gasteiger partial charge is 6.00 e. The van der Waals surface area contributed by atoms with Crippen LogP contribution in [0.4, 0.5) is 0 Å². The van der Waals surface area contributed by atoms with Crippen molar-refractivity contribution in [1.82, 2.24) is 0 Å². The minimum absolute atomic E-state index is 0. The molecule has 0 spiro atoms. The third-order valence-electron chi connectivity index (χ3n) is 0. The molecule has 0 rings (SSSR count). The van der Waals surface area contributed by atoms with Gasteiger partial charge in [-0.3, -0.25) is 0 Å². The molecule has 0 aliphatic carbocycles. The van der Waals surface area contributed by atoms with Crippen molar-refractivity contribution in [2.24, 2.45) is 0 Å². The molecule has 0 aromatic carbocycles. The quantitative estimate of drug-likeness (QED) is 0.422. The molecule has 2 nitrogen and oxygen atoms in total. The van der Waals surface area contributed by atoms with E-state index < -0.39 is 0 Å². The van der Waals surface area contributed by atoms with Crippen molar-refractivity contribution >= 4 is 0 Å². The normalized spacial score (nSPS) is 0. The molecule has 0 radical (unpaired) electrons. The monoisotopic (exact) mass is 264 g/mol. The van der Waals surface area contributed by atoms with Gasteiger partial charge in [0.1, 0.15) is 0 Å². The molecule has 0 heterocycles. The molecular weight excluding hydrogens is 261 g/mol. The predicted molar refractivity (Wildman–Crippen MR) is 2.62 cm³/mol. The first-order valence-electron chi connectivity index (χ1n) is 0. The molecule has 4 heteroatoms. The van der Waals surface area contributed by atoms with E-state index in [1.165, 1.54) is 0 Å². The Hall–Kier alpha value is 2.19. The predicted octanol–water partition coefficient (Wildman–Crippen LogP) is -3.29. The summed E-state index contributed by atoms with van der Waals surface area (Å²) >= 11 is 0. The van der Waals surface area contributed by atoms with Gasteiger partial charge < -0.3 is 11.0 Å². The van der Waals surface area contributed by atoms with Gasteiger partial charge in [0.15, 0.2) is 0 Å². The van der Waals surface area contributed by atoms with Gasteiger partial charge in [-0.05, 0) is 0 Å². The van der Waals surface area contributed by atoms with E-state index in [9.17, 15) is 0 Å². The Morgan fingerprint density at radius 1 is 1.00 bits per heavy atom. The second kappa shape index (κ2) is 19.0. The second-order valence-electron chi connectivity index (χ2n) is 0. The third-order valence-corrected chi connectivity index (χ3v) is 0. The molecule has 0 aliphatic rings. The van der Waals surface area contributed by atoms with Gasteiger partial charge in [-0.2, -0.15) is 0 Å². The first-order chi connectivity index (χ1) is 0. The molecule has 0 atom stereocenters. The van der Waals surface area contributed by atoms with Crippen LogP contribution in [0.5, 0.6) is 0 Å². The molecule has 0 aliphatic heterocycles. The van der Waals surface area contributed by atoms with Crippen LogP contribution in [0.25, 0.3) is 0 Å². The first kappa shape index (κ1) is 34.7. The molecule has 0 bridgehead atoms. The van der Waals surface area contributed by atoms with Crippen LogP contribution in [0.15, 0.2) is 0 Å². The fourth-order valence-electron chi connectivity index (χ4n) is 0. The van der Waals surface area contributed by atoms with Crippen LogP contribution in [-0.2, 0) is 25.3 Å². The van der Waals surface area contributed by atoms with Gasteiger partial charge in [-0.1, -0.05) is 0 Å². The fraction of sp³-hybridized carbons (Fsp3) is 0. The van der Waals surface area contributed by atoms with E-state index in [1.807, 2.05) is 0 Å². The molecule has 0 fully saturated rings. The summed E-state index contributed by atoms with van der Waals surface area (Å²) in [5, 5.41) is 0. The number of rotatable bonds is 0. The summed E-state index contributed by atoms with van der Waals surface area (Å²) in [4.78, 5) is 0. The van der Waals surface area contributed by atoms with E-state index >= 15 is 0 Å². The van der Waals surface area contributed by atoms with Crippen LogP contribution >= 0.6 is 0 Å². The van der Waals surface area contributed by atoms with Crippen LogP contribution in [0, 0.1) is 0 Å². The Labute approximate surface area is 80.4 Å². The Morgan fingerprint density at radius 3 is 1.00 bits per heavy atom. The maximum absolute atomic E-state index is 0. The van der Waals surface area contributed by atoms with E-state index in [-0.39, 0.29) is 82.1 Å². The van der Waals surface area contributed by atoms with E-state index in [0.29, 0.717) is 0 Å². The van der Waals surface area contributed by atoms with Crippen molar-refractivity contribution in [2.45, 2.75) is 0 Å². The van der Waals surface area contributed by atoms with Gasteiger partial charge in [0.25, 0.3) is 0 Å². The SMILES string of the molecule is [K+].[O-2].[OH-].[Os+6]. The minimum atomic E-state index is 0. The molecule has 18 valence electrons. The fourth-order valence-corrected chi connectivity index (χ4v) is 0. The zero-order valence-electron chi connectivity index (χ0n) is 2.21. The molecule has 0 aromatic rings. The topological polar surface area (TPSA) is 58.5 Å². The Kier molecular flexibility index (Phi) is 165. The first-order valence-corrected chi connectivity index (χ1v) is 0. The maximum atomic E-state index is 0. The van der Waals surface area contributed by atoms with Crippen LogP contribution in [0.2, 0.25) is 0 Å². The smallest absolute Gasteiger partial charge is 2.00 e. The molecule has 0 aromatic heterocycles. The summed E-state index contributed by atoms with van der Waals surface area (Å²) in [6, 6.07) is 0. The van der Waals surface area contributed by atoms with Crippen molar-refractivity contribution in [3.63, 3.8) is 0 Å². The van der Waals surface area contributed by atoms with Crippen LogP contribution in [-0.4, -0.2) is 5.48 Å². The van der Waals surface area contributed by atoms with Crippen molar-refractivity contribution in [2.75, 3.05) is 0 Å². The number of hydrogen-bond donors (Lipinski definition) is 0. The van der Waals surface area contributed by atoms with Gasteiger partial charge in [-0.15, -0.1) is 0 Å². The minimum Gasteiger partial charge on any atom is -2.00 e. The van der Waals surface area contributed by atoms with Gasteiger partial charge >= 0.3 is 71.2 Å². The summed E-state index contributed by atoms with van der Waals surface area (Å²) in [5.74, 6) is 0. The van der Waals surface area contributed by atoms with E-state index in [2.05, 4.69) is 0 Å². The zero-order chi connectivity index (χ0) is 0. The average Bonchev–Trinajstić information content (AvgIpc) is 0. The maximum Gasteiger partial charge on any atom is 6.00 e. The van der Waals surface area contributed by atoms with Crippen molar-refractivity contribution in [3.05, 3.63) is 0 Å². The van der Waals surface area contributed by atoms with Crippen LogP contribution < -0.4 is 51.4 Å². The molecule has 1 N–H and O–H groups in total. The van der Waals surface area contributed by atoms with Crippen LogP contribution in [0.1, 0.15) is 0 Å². The molecule has 4 heavy (non-hydrogen) atoms. The zero-order valence-corrected chi connectivity index (χ0v) is 7.87. The van der Waals surface area contributed by atoms with Crippen molar-refractivity contribution < 1.29 is 82.1 Å². The van der Waals surface area contributed by atoms with Crippen LogP contribution in [0.3, 0.4) is 0 Å². The van der Waals surface area contributed by atoms with Gasteiger partial charge in [0.05, 0.1) is 0 Å². The molecule has 0 saturated carbocycles. The average molecular weight is 262 g/mol. The van der Waals surface area contributed by atoms with E-state index in [4.69, 9.17) is 0 Å².